The van der Waals surface area contributed by atoms with E-state index in [1.54, 1.807) is 0 Å². The molecule has 2 aromatic rings. The van der Waals surface area contributed by atoms with Crippen molar-refractivity contribution in [3.63, 3.8) is 0 Å². The average molecular weight is 273 g/mol. The number of nitrogens with zero attached hydrogens (tertiary/aromatic N) is 2. The summed E-state index contributed by atoms with van der Waals surface area (Å²) >= 11 is 0. The molecule has 0 unspecified atom stereocenters. The largest absolute Gasteiger partial charge is 0.383 e. The molecule has 4 nitrogen and oxygen atoms in total. The van der Waals surface area contributed by atoms with Crippen molar-refractivity contribution in [2.24, 2.45) is 0 Å². The van der Waals surface area contributed by atoms with E-state index in [2.05, 4.69) is 12.0 Å². The zero-order chi connectivity index (χ0) is 14.4. The predicted molar refractivity (Wildman–Crippen MR) is 82.2 cm³/mol. The van der Waals surface area contributed by atoms with Crippen LogP contribution in [0.3, 0.4) is 0 Å². The standard InChI is InChI=1S/C16H23N3O/c1-3-8-14-15(11-12-20-4-2)18-19(16(14)17)13-9-6-5-7-10-13/h5-7,9-10H,3-4,8,11-12,17H2,1-2H3. The SMILES string of the molecule is CCCc1c(CCOCC)nn(-c2ccccc2)c1N. The van der Waals surface area contributed by atoms with E-state index in [1.807, 2.05) is 41.9 Å². The summed E-state index contributed by atoms with van der Waals surface area (Å²) in [6, 6.07) is 10.0. The summed E-state index contributed by atoms with van der Waals surface area (Å²) in [5.74, 6) is 0.754. The number of aromatic nitrogens is 2. The van der Waals surface area contributed by atoms with Crippen LogP contribution in [0.2, 0.25) is 0 Å². The minimum atomic E-state index is 0.693. The maximum Gasteiger partial charge on any atom is 0.130 e. The predicted octanol–water partition coefficient (Wildman–Crippen LogP) is 2.99. The minimum Gasteiger partial charge on any atom is -0.383 e. The zero-order valence-electron chi connectivity index (χ0n) is 12.3. The van der Waals surface area contributed by atoms with Gasteiger partial charge in [-0.2, -0.15) is 5.10 Å². The van der Waals surface area contributed by atoms with Crippen molar-refractivity contribution in [1.29, 1.82) is 0 Å². The second-order valence-electron chi connectivity index (χ2n) is 4.75. The highest BCUT2D eigenvalue weighted by Crippen LogP contribution is 2.23. The van der Waals surface area contributed by atoms with Gasteiger partial charge in [0.2, 0.25) is 0 Å². The lowest BCUT2D eigenvalue weighted by molar-refractivity contribution is 0.150. The quantitative estimate of drug-likeness (QED) is 0.789. The second kappa shape index (κ2) is 7.10. The monoisotopic (exact) mass is 273 g/mol. The fourth-order valence-electron chi connectivity index (χ4n) is 2.31. The Morgan fingerprint density at radius 3 is 2.55 bits per heavy atom. The van der Waals surface area contributed by atoms with E-state index in [4.69, 9.17) is 10.5 Å². The van der Waals surface area contributed by atoms with Gasteiger partial charge in [-0.25, -0.2) is 4.68 Å². The third-order valence-electron chi connectivity index (χ3n) is 3.29. The van der Waals surface area contributed by atoms with Crippen LogP contribution in [0.15, 0.2) is 30.3 Å². The van der Waals surface area contributed by atoms with Crippen molar-refractivity contribution in [2.45, 2.75) is 33.1 Å². The molecule has 0 amide bonds. The molecule has 0 radical (unpaired) electrons. The number of nitrogens with two attached hydrogens (primary N) is 1. The molecule has 0 saturated heterocycles. The highest BCUT2D eigenvalue weighted by molar-refractivity contribution is 5.50. The van der Waals surface area contributed by atoms with Crippen molar-refractivity contribution in [3.8, 4) is 5.69 Å². The van der Waals surface area contributed by atoms with Crippen LogP contribution in [0, 0.1) is 0 Å². The maximum atomic E-state index is 6.29. The molecule has 1 aromatic carbocycles. The molecule has 2 N–H and O–H groups in total. The van der Waals surface area contributed by atoms with Gasteiger partial charge in [-0.05, 0) is 25.5 Å². The molecular weight excluding hydrogens is 250 g/mol. The maximum absolute atomic E-state index is 6.29. The van der Waals surface area contributed by atoms with E-state index >= 15 is 0 Å². The van der Waals surface area contributed by atoms with Crippen LogP contribution in [0.25, 0.3) is 5.69 Å². The molecule has 4 heteroatoms. The first kappa shape index (κ1) is 14.6. The summed E-state index contributed by atoms with van der Waals surface area (Å²) < 4.78 is 7.27. The summed E-state index contributed by atoms with van der Waals surface area (Å²) in [4.78, 5) is 0. The van der Waals surface area contributed by atoms with Crippen molar-refractivity contribution in [3.05, 3.63) is 41.6 Å². The molecule has 0 aliphatic rings. The Balaban J connectivity index is 2.31. The van der Waals surface area contributed by atoms with Crippen molar-refractivity contribution in [2.75, 3.05) is 18.9 Å². The van der Waals surface area contributed by atoms with Crippen LogP contribution in [0.5, 0.6) is 0 Å². The Morgan fingerprint density at radius 2 is 1.90 bits per heavy atom. The molecule has 0 spiro atoms. The fraction of sp³-hybridized carbons (Fsp3) is 0.438. The Bertz CT molecular complexity index is 534. The first-order valence-electron chi connectivity index (χ1n) is 7.27. The molecule has 0 bridgehead atoms. The van der Waals surface area contributed by atoms with E-state index in [9.17, 15) is 0 Å². The van der Waals surface area contributed by atoms with Gasteiger partial charge in [0.15, 0.2) is 0 Å². The number of hydrogen-bond acceptors (Lipinski definition) is 3. The van der Waals surface area contributed by atoms with Gasteiger partial charge < -0.3 is 10.5 Å². The van der Waals surface area contributed by atoms with E-state index in [-0.39, 0.29) is 0 Å². The molecule has 1 aromatic heterocycles. The Kier molecular flexibility index (Phi) is 5.18. The summed E-state index contributed by atoms with van der Waals surface area (Å²) in [5, 5.41) is 4.68. The summed E-state index contributed by atoms with van der Waals surface area (Å²) in [6.45, 7) is 5.59. The molecular formula is C16H23N3O. The van der Waals surface area contributed by atoms with Gasteiger partial charge in [-0.1, -0.05) is 31.5 Å². The van der Waals surface area contributed by atoms with Gasteiger partial charge in [0.05, 0.1) is 18.0 Å². The van der Waals surface area contributed by atoms with Crippen LogP contribution in [0.1, 0.15) is 31.5 Å². The smallest absolute Gasteiger partial charge is 0.130 e. The fourth-order valence-corrected chi connectivity index (χ4v) is 2.31. The molecule has 20 heavy (non-hydrogen) atoms. The van der Waals surface area contributed by atoms with Crippen LogP contribution < -0.4 is 5.73 Å². The number of hydrogen-bond donors (Lipinski definition) is 1. The number of nitrogen functional groups attached to an aromatic ring is 1. The van der Waals surface area contributed by atoms with Crippen molar-refractivity contribution < 1.29 is 4.74 Å². The molecule has 0 atom stereocenters. The van der Waals surface area contributed by atoms with Gasteiger partial charge in [-0.3, -0.25) is 0 Å². The number of para-hydroxylation sites is 1. The first-order chi connectivity index (χ1) is 9.77. The van der Waals surface area contributed by atoms with Gasteiger partial charge in [0, 0.05) is 18.6 Å². The van der Waals surface area contributed by atoms with E-state index < -0.39 is 0 Å². The number of benzene rings is 1. The van der Waals surface area contributed by atoms with Gasteiger partial charge in [-0.15, -0.1) is 0 Å². The lowest BCUT2D eigenvalue weighted by Crippen LogP contribution is -2.02. The van der Waals surface area contributed by atoms with Crippen molar-refractivity contribution in [1.82, 2.24) is 9.78 Å². The second-order valence-corrected chi connectivity index (χ2v) is 4.75. The number of ether oxygens (including phenoxy) is 1. The Labute approximate surface area is 120 Å². The van der Waals surface area contributed by atoms with Gasteiger partial charge in [0.25, 0.3) is 0 Å². The molecule has 1 heterocycles. The van der Waals surface area contributed by atoms with E-state index in [0.29, 0.717) is 6.61 Å². The first-order valence-corrected chi connectivity index (χ1v) is 7.27. The topological polar surface area (TPSA) is 53.1 Å². The number of anilines is 1. The van der Waals surface area contributed by atoms with Crippen molar-refractivity contribution >= 4 is 5.82 Å². The lowest BCUT2D eigenvalue weighted by atomic mass is 10.1. The highest BCUT2D eigenvalue weighted by atomic mass is 16.5. The van der Waals surface area contributed by atoms with E-state index in [0.717, 1.165) is 48.6 Å². The van der Waals surface area contributed by atoms with Crippen LogP contribution in [-0.4, -0.2) is 23.0 Å². The van der Waals surface area contributed by atoms with Crippen LogP contribution in [0.4, 0.5) is 5.82 Å². The Morgan fingerprint density at radius 1 is 1.15 bits per heavy atom. The molecule has 108 valence electrons. The molecule has 0 aliphatic carbocycles. The lowest BCUT2D eigenvalue weighted by Gasteiger charge is -2.04. The third-order valence-corrected chi connectivity index (χ3v) is 3.29. The Hall–Kier alpha value is -1.81. The molecule has 0 aliphatic heterocycles. The van der Waals surface area contributed by atoms with Crippen LogP contribution >= 0.6 is 0 Å². The third kappa shape index (κ3) is 3.20. The van der Waals surface area contributed by atoms with Gasteiger partial charge in [0.1, 0.15) is 5.82 Å². The van der Waals surface area contributed by atoms with E-state index in [1.165, 1.54) is 0 Å². The molecule has 0 fully saturated rings. The van der Waals surface area contributed by atoms with Gasteiger partial charge >= 0.3 is 0 Å². The van der Waals surface area contributed by atoms with Crippen LogP contribution in [-0.2, 0) is 17.6 Å². The number of rotatable bonds is 7. The normalized spacial score (nSPS) is 10.9. The molecule has 2 rings (SSSR count). The summed E-state index contributed by atoms with van der Waals surface area (Å²) in [7, 11) is 0. The highest BCUT2D eigenvalue weighted by Gasteiger charge is 2.15. The molecule has 0 saturated carbocycles. The minimum absolute atomic E-state index is 0.693. The average Bonchev–Trinajstić information content (AvgIpc) is 2.78. The summed E-state index contributed by atoms with van der Waals surface area (Å²) in [6.07, 6.45) is 2.83. The summed E-state index contributed by atoms with van der Waals surface area (Å²) in [5.41, 5.74) is 9.51. The zero-order valence-corrected chi connectivity index (χ0v) is 12.3.